The van der Waals surface area contributed by atoms with Crippen molar-refractivity contribution in [3.8, 4) is 11.6 Å². The fourth-order valence-electron chi connectivity index (χ4n) is 2.68. The number of oxazole rings is 2. The molecule has 0 radical (unpaired) electrons. The van der Waals surface area contributed by atoms with Crippen molar-refractivity contribution in [2.75, 3.05) is 11.5 Å². The topological polar surface area (TPSA) is 78.4 Å². The summed E-state index contributed by atoms with van der Waals surface area (Å²) < 4.78 is 17.4. The lowest BCUT2D eigenvalue weighted by molar-refractivity contribution is 0.00628. The third kappa shape index (κ3) is 5.67. The molecular weight excluding hydrogens is 412 g/mol. The molecule has 0 unspecified atom stereocenters. The summed E-state index contributed by atoms with van der Waals surface area (Å²) in [4.78, 5) is 21.4. The Balaban J connectivity index is 1.91. The minimum atomic E-state index is -1.45. The quantitative estimate of drug-likeness (QED) is 0.441. The molecule has 0 N–H and O–H groups in total. The number of carbonyl (C=O) groups is 1. The highest BCUT2D eigenvalue weighted by atomic mass is 32.2. The molecule has 0 spiro atoms. The highest BCUT2D eigenvalue weighted by Crippen LogP contribution is 2.44. The van der Waals surface area contributed by atoms with E-state index in [1.807, 2.05) is 44.3 Å². The molecule has 2 aromatic heterocycles. The van der Waals surface area contributed by atoms with Crippen molar-refractivity contribution in [1.29, 1.82) is 0 Å². The molecule has 0 saturated carbocycles. The van der Waals surface area contributed by atoms with Gasteiger partial charge in [0.05, 0.1) is 8.07 Å². The Morgan fingerprint density at radius 2 is 1.93 bits per heavy atom. The fourth-order valence-corrected chi connectivity index (χ4v) is 6.56. The second-order valence-corrected chi connectivity index (χ2v) is 17.2. The van der Waals surface area contributed by atoms with Crippen LogP contribution in [0.5, 0.6) is 0 Å². The molecular formula is C19H28N2O4S2Si. The van der Waals surface area contributed by atoms with E-state index in [9.17, 15) is 4.79 Å². The molecule has 28 heavy (non-hydrogen) atoms. The van der Waals surface area contributed by atoms with Gasteiger partial charge in [0.25, 0.3) is 0 Å². The molecule has 2 aromatic rings. The van der Waals surface area contributed by atoms with Gasteiger partial charge < -0.3 is 13.6 Å². The minimum absolute atomic E-state index is 0.148. The van der Waals surface area contributed by atoms with Gasteiger partial charge in [0.2, 0.25) is 11.8 Å². The average molecular weight is 441 g/mol. The van der Waals surface area contributed by atoms with Gasteiger partial charge in [-0.2, -0.15) is 0 Å². The molecule has 9 heteroatoms. The van der Waals surface area contributed by atoms with Crippen LogP contribution in [0.3, 0.4) is 0 Å². The van der Waals surface area contributed by atoms with Crippen molar-refractivity contribution >= 4 is 37.6 Å². The van der Waals surface area contributed by atoms with Crippen LogP contribution in [0.1, 0.15) is 53.9 Å². The van der Waals surface area contributed by atoms with Gasteiger partial charge in [0, 0.05) is 6.04 Å². The van der Waals surface area contributed by atoms with Crippen LogP contribution in [0.2, 0.25) is 19.6 Å². The maximum Gasteiger partial charge on any atom is 0.360 e. The van der Waals surface area contributed by atoms with Gasteiger partial charge in [-0.3, -0.25) is 0 Å². The number of carbonyl (C=O) groups excluding carboxylic acids is 1. The summed E-state index contributed by atoms with van der Waals surface area (Å²) in [5.74, 6) is 3.56. The number of nitrogens with zero attached hydrogens (tertiary/aromatic N) is 2. The summed E-state index contributed by atoms with van der Waals surface area (Å²) in [5, 5.41) is 0. The molecule has 3 heterocycles. The largest absolute Gasteiger partial charge is 0.455 e. The smallest absolute Gasteiger partial charge is 0.360 e. The predicted octanol–water partition coefficient (Wildman–Crippen LogP) is 5.57. The number of hydrogen-bond acceptors (Lipinski definition) is 8. The van der Waals surface area contributed by atoms with Gasteiger partial charge in [-0.25, -0.2) is 14.8 Å². The molecule has 0 aromatic carbocycles. The summed E-state index contributed by atoms with van der Waals surface area (Å²) >= 11 is 3.72. The summed E-state index contributed by atoms with van der Waals surface area (Å²) in [7, 11) is -1.45. The zero-order chi connectivity index (χ0) is 20.5. The number of aromatic nitrogens is 2. The van der Waals surface area contributed by atoms with E-state index in [0.717, 1.165) is 29.2 Å². The summed E-state index contributed by atoms with van der Waals surface area (Å²) in [6.07, 6.45) is 2.54. The van der Waals surface area contributed by atoms with Crippen LogP contribution >= 0.6 is 23.5 Å². The fraction of sp³-hybridized carbons (Fsp3) is 0.632. The first kappa shape index (κ1) is 21.5. The molecule has 154 valence electrons. The molecule has 0 amide bonds. The van der Waals surface area contributed by atoms with Crippen molar-refractivity contribution < 1.29 is 18.4 Å². The number of hydrogen-bond donors (Lipinski definition) is 0. The van der Waals surface area contributed by atoms with Gasteiger partial charge in [-0.15, -0.1) is 23.5 Å². The molecule has 1 aliphatic rings. The van der Waals surface area contributed by atoms with Gasteiger partial charge in [-0.05, 0) is 38.7 Å². The van der Waals surface area contributed by atoms with E-state index >= 15 is 0 Å². The summed E-state index contributed by atoms with van der Waals surface area (Å²) in [6, 6.07) is 0.835. The lowest BCUT2D eigenvalue weighted by Gasteiger charge is -2.18. The van der Waals surface area contributed by atoms with Crippen molar-refractivity contribution in [2.45, 2.75) is 63.1 Å². The Kier molecular flexibility index (Phi) is 6.36. The zero-order valence-electron chi connectivity index (χ0n) is 17.3. The van der Waals surface area contributed by atoms with Crippen molar-refractivity contribution in [3.63, 3.8) is 0 Å². The predicted molar refractivity (Wildman–Crippen MR) is 116 cm³/mol. The Morgan fingerprint density at radius 1 is 1.25 bits per heavy atom. The molecule has 1 fully saturated rings. The minimum Gasteiger partial charge on any atom is -0.455 e. The van der Waals surface area contributed by atoms with E-state index in [-0.39, 0.29) is 10.3 Å². The van der Waals surface area contributed by atoms with Gasteiger partial charge >= 0.3 is 5.97 Å². The Hall–Kier alpha value is -1.19. The van der Waals surface area contributed by atoms with Crippen LogP contribution < -0.4 is 0 Å². The standard InChI is InChI=1S/C19H28N2O4S2Si/c1-19(2,3)25-17(22)12-10-23-15(20-12)14-13(11-28(4,5)6)24-16(21-14)18-26-8-7-9-27-18/h10,18H,7-9,11H2,1-6H3. The van der Waals surface area contributed by atoms with Crippen LogP contribution in [-0.4, -0.2) is 41.1 Å². The molecule has 1 saturated heterocycles. The first-order valence-corrected chi connectivity index (χ1v) is 15.2. The van der Waals surface area contributed by atoms with Crippen molar-refractivity contribution in [2.24, 2.45) is 0 Å². The Morgan fingerprint density at radius 3 is 2.54 bits per heavy atom. The number of esters is 1. The van der Waals surface area contributed by atoms with E-state index in [1.54, 1.807) is 0 Å². The van der Waals surface area contributed by atoms with Crippen LogP contribution in [-0.2, 0) is 10.8 Å². The zero-order valence-corrected chi connectivity index (χ0v) is 20.0. The van der Waals surface area contributed by atoms with Gasteiger partial charge in [0.1, 0.15) is 22.2 Å². The lowest BCUT2D eigenvalue weighted by Crippen LogP contribution is -2.24. The SMILES string of the molecule is CC(C)(C)OC(=O)c1coc(-c2nc(C3SCCCS3)oc2C[Si](C)(C)C)n1. The van der Waals surface area contributed by atoms with Crippen molar-refractivity contribution in [1.82, 2.24) is 9.97 Å². The first-order valence-electron chi connectivity index (χ1n) is 9.44. The van der Waals surface area contributed by atoms with E-state index in [0.29, 0.717) is 11.6 Å². The average Bonchev–Trinajstić information content (AvgIpc) is 3.19. The molecule has 3 rings (SSSR count). The van der Waals surface area contributed by atoms with E-state index in [4.69, 9.17) is 18.6 Å². The van der Waals surface area contributed by atoms with E-state index in [2.05, 4.69) is 24.6 Å². The maximum absolute atomic E-state index is 12.3. The van der Waals surface area contributed by atoms with Crippen LogP contribution in [0.15, 0.2) is 15.1 Å². The third-order valence-corrected chi connectivity index (χ3v) is 8.00. The second kappa shape index (κ2) is 8.28. The van der Waals surface area contributed by atoms with Gasteiger partial charge in [0.15, 0.2) is 11.4 Å². The van der Waals surface area contributed by atoms with E-state index < -0.39 is 19.6 Å². The van der Waals surface area contributed by atoms with Crippen LogP contribution in [0, 0.1) is 0 Å². The molecule has 1 aliphatic heterocycles. The molecule has 0 bridgehead atoms. The number of rotatable bonds is 5. The Bertz CT molecular complexity index is 830. The van der Waals surface area contributed by atoms with Crippen LogP contribution in [0.4, 0.5) is 0 Å². The molecule has 0 atom stereocenters. The highest BCUT2D eigenvalue weighted by molar-refractivity contribution is 8.16. The maximum atomic E-state index is 12.3. The Labute approximate surface area is 175 Å². The van der Waals surface area contributed by atoms with Crippen LogP contribution in [0.25, 0.3) is 11.6 Å². The van der Waals surface area contributed by atoms with E-state index in [1.165, 1.54) is 12.7 Å². The molecule has 0 aliphatic carbocycles. The lowest BCUT2D eigenvalue weighted by atomic mass is 10.2. The van der Waals surface area contributed by atoms with Gasteiger partial charge in [-0.1, -0.05) is 19.6 Å². The summed E-state index contributed by atoms with van der Waals surface area (Å²) in [5.41, 5.74) is 0.171. The number of thioether (sulfide) groups is 2. The third-order valence-electron chi connectivity index (χ3n) is 3.75. The molecule has 6 nitrogen and oxygen atoms in total. The highest BCUT2D eigenvalue weighted by Gasteiger charge is 2.30. The normalized spacial score (nSPS) is 16.4. The van der Waals surface area contributed by atoms with Crippen molar-refractivity contribution in [3.05, 3.63) is 23.6 Å². The first-order chi connectivity index (χ1) is 13.0. The number of ether oxygens (including phenoxy) is 1. The second-order valence-electron chi connectivity index (χ2n) is 9.03. The summed E-state index contributed by atoms with van der Waals surface area (Å²) in [6.45, 7) is 12.3. The monoisotopic (exact) mass is 440 g/mol.